The van der Waals surface area contributed by atoms with Crippen LogP contribution in [0.5, 0.6) is 0 Å². The molecular weight excluding hydrogens is 189 g/mol. The Morgan fingerprint density at radius 3 is 2.80 bits per heavy atom. The van der Waals surface area contributed by atoms with Gasteiger partial charge in [-0.15, -0.1) is 0 Å². The first kappa shape index (κ1) is 10.4. The van der Waals surface area contributed by atoms with Crippen molar-refractivity contribution < 1.29 is 4.39 Å². The minimum atomic E-state index is -0.164. The van der Waals surface area contributed by atoms with Crippen molar-refractivity contribution >= 4 is 6.08 Å². The lowest BCUT2D eigenvalue weighted by atomic mass is 9.97. The highest BCUT2D eigenvalue weighted by Gasteiger charge is 2.08. The number of halogens is 1. The van der Waals surface area contributed by atoms with Crippen LogP contribution in [-0.4, -0.2) is 13.1 Å². The molecule has 1 aliphatic rings. The second-order valence-electron chi connectivity index (χ2n) is 4.00. The smallest absolute Gasteiger partial charge is 0.123 e. The molecule has 2 rings (SSSR count). The molecule has 1 N–H and O–H groups in total. The molecular formula is C13H16FN. The van der Waals surface area contributed by atoms with E-state index in [2.05, 4.69) is 11.4 Å². The summed E-state index contributed by atoms with van der Waals surface area (Å²) in [5.74, 6) is 0.483. The van der Waals surface area contributed by atoms with Gasteiger partial charge in [0.05, 0.1) is 0 Å². The van der Waals surface area contributed by atoms with E-state index in [0.717, 1.165) is 18.7 Å². The predicted molar refractivity (Wildman–Crippen MR) is 61.0 cm³/mol. The fraction of sp³-hybridized carbons (Fsp3) is 0.385. The van der Waals surface area contributed by atoms with Gasteiger partial charge in [0.1, 0.15) is 5.82 Å². The molecule has 0 saturated carbocycles. The molecule has 1 aromatic carbocycles. The van der Waals surface area contributed by atoms with Gasteiger partial charge in [0.25, 0.3) is 0 Å². The number of piperidine rings is 1. The lowest BCUT2D eigenvalue weighted by Gasteiger charge is -2.19. The van der Waals surface area contributed by atoms with Crippen LogP contribution in [0.1, 0.15) is 18.4 Å². The third-order valence-corrected chi connectivity index (χ3v) is 2.79. The van der Waals surface area contributed by atoms with Crippen molar-refractivity contribution in [2.75, 3.05) is 13.1 Å². The first-order valence-corrected chi connectivity index (χ1v) is 5.49. The van der Waals surface area contributed by atoms with Gasteiger partial charge in [-0.2, -0.15) is 0 Å². The molecule has 1 saturated heterocycles. The zero-order valence-electron chi connectivity index (χ0n) is 8.75. The first-order chi connectivity index (χ1) is 7.34. The van der Waals surface area contributed by atoms with Crippen LogP contribution >= 0.6 is 0 Å². The third kappa shape index (κ3) is 3.17. The molecule has 0 spiro atoms. The van der Waals surface area contributed by atoms with E-state index in [4.69, 9.17) is 0 Å². The Labute approximate surface area is 90.0 Å². The Bertz CT molecular complexity index is 340. The van der Waals surface area contributed by atoms with Gasteiger partial charge in [0, 0.05) is 0 Å². The second-order valence-corrected chi connectivity index (χ2v) is 4.00. The monoisotopic (exact) mass is 205 g/mol. The highest BCUT2D eigenvalue weighted by atomic mass is 19.1. The standard InChI is InChI=1S/C13H16FN/c14-13-3-1-2-12(10-13)5-4-11-6-8-15-9-7-11/h1-5,10-11,15H,6-9H2. The van der Waals surface area contributed by atoms with Gasteiger partial charge in [0.15, 0.2) is 0 Å². The predicted octanol–water partition coefficient (Wildman–Crippen LogP) is 2.84. The molecule has 0 aromatic heterocycles. The number of hydrogen-bond donors (Lipinski definition) is 1. The van der Waals surface area contributed by atoms with E-state index in [1.165, 1.54) is 18.9 Å². The van der Waals surface area contributed by atoms with Crippen molar-refractivity contribution in [3.63, 3.8) is 0 Å². The van der Waals surface area contributed by atoms with Crippen LogP contribution in [0.4, 0.5) is 4.39 Å². The minimum Gasteiger partial charge on any atom is -0.317 e. The highest BCUT2D eigenvalue weighted by molar-refractivity contribution is 5.49. The van der Waals surface area contributed by atoms with Gasteiger partial charge < -0.3 is 5.32 Å². The van der Waals surface area contributed by atoms with E-state index in [9.17, 15) is 4.39 Å². The zero-order chi connectivity index (χ0) is 10.5. The topological polar surface area (TPSA) is 12.0 Å². The van der Waals surface area contributed by atoms with Crippen LogP contribution < -0.4 is 5.32 Å². The first-order valence-electron chi connectivity index (χ1n) is 5.49. The van der Waals surface area contributed by atoms with Crippen LogP contribution in [0.15, 0.2) is 30.3 Å². The van der Waals surface area contributed by atoms with Gasteiger partial charge in [-0.3, -0.25) is 0 Å². The van der Waals surface area contributed by atoms with Crippen molar-refractivity contribution in [1.29, 1.82) is 0 Å². The molecule has 0 radical (unpaired) electrons. The highest BCUT2D eigenvalue weighted by Crippen LogP contribution is 2.15. The summed E-state index contributed by atoms with van der Waals surface area (Å²) in [6, 6.07) is 6.72. The lowest BCUT2D eigenvalue weighted by molar-refractivity contribution is 0.438. The maximum atomic E-state index is 12.9. The SMILES string of the molecule is Fc1cccc(C=CC2CCNCC2)c1. The van der Waals surface area contributed by atoms with Crippen LogP contribution in [0, 0.1) is 11.7 Å². The maximum Gasteiger partial charge on any atom is 0.123 e. The number of benzene rings is 1. The van der Waals surface area contributed by atoms with E-state index >= 15 is 0 Å². The average molecular weight is 205 g/mol. The molecule has 0 bridgehead atoms. The molecule has 1 heterocycles. The summed E-state index contributed by atoms with van der Waals surface area (Å²) in [7, 11) is 0. The van der Waals surface area contributed by atoms with Gasteiger partial charge in [-0.05, 0) is 49.5 Å². The third-order valence-electron chi connectivity index (χ3n) is 2.79. The van der Waals surface area contributed by atoms with Crippen LogP contribution in [0.25, 0.3) is 6.08 Å². The van der Waals surface area contributed by atoms with Crippen LogP contribution in [0.3, 0.4) is 0 Å². The van der Waals surface area contributed by atoms with Crippen LogP contribution in [-0.2, 0) is 0 Å². The summed E-state index contributed by atoms with van der Waals surface area (Å²) < 4.78 is 12.9. The molecule has 1 nitrogen and oxygen atoms in total. The van der Waals surface area contributed by atoms with E-state index < -0.39 is 0 Å². The van der Waals surface area contributed by atoms with Gasteiger partial charge in [-0.25, -0.2) is 4.39 Å². The molecule has 1 aliphatic heterocycles. The van der Waals surface area contributed by atoms with Crippen LogP contribution in [0.2, 0.25) is 0 Å². The Morgan fingerprint density at radius 2 is 2.07 bits per heavy atom. The molecule has 1 fully saturated rings. The molecule has 0 aliphatic carbocycles. The second kappa shape index (κ2) is 5.08. The lowest BCUT2D eigenvalue weighted by Crippen LogP contribution is -2.26. The molecule has 15 heavy (non-hydrogen) atoms. The molecule has 2 heteroatoms. The maximum absolute atomic E-state index is 12.9. The minimum absolute atomic E-state index is 0.164. The molecule has 80 valence electrons. The van der Waals surface area contributed by atoms with Crippen molar-refractivity contribution in [3.05, 3.63) is 41.7 Å². The largest absolute Gasteiger partial charge is 0.317 e. The molecule has 0 unspecified atom stereocenters. The summed E-state index contributed by atoms with van der Waals surface area (Å²) in [4.78, 5) is 0. The van der Waals surface area contributed by atoms with E-state index in [1.54, 1.807) is 12.1 Å². The Kier molecular flexibility index (Phi) is 3.51. The Morgan fingerprint density at radius 1 is 1.27 bits per heavy atom. The van der Waals surface area contributed by atoms with Crippen molar-refractivity contribution in [3.8, 4) is 0 Å². The van der Waals surface area contributed by atoms with Crippen molar-refractivity contribution in [1.82, 2.24) is 5.32 Å². The normalized spacial score (nSPS) is 18.5. The zero-order valence-corrected chi connectivity index (χ0v) is 8.75. The summed E-state index contributed by atoms with van der Waals surface area (Å²) in [5.41, 5.74) is 0.952. The van der Waals surface area contributed by atoms with E-state index in [0.29, 0.717) is 5.92 Å². The van der Waals surface area contributed by atoms with E-state index in [-0.39, 0.29) is 5.82 Å². The summed E-state index contributed by atoms with van der Waals surface area (Å²) >= 11 is 0. The fourth-order valence-electron chi connectivity index (χ4n) is 1.89. The number of allylic oxidation sites excluding steroid dienone is 1. The molecule has 0 atom stereocenters. The van der Waals surface area contributed by atoms with E-state index in [1.807, 2.05) is 12.1 Å². The quantitative estimate of drug-likeness (QED) is 0.782. The Balaban J connectivity index is 1.97. The Hall–Kier alpha value is -1.15. The van der Waals surface area contributed by atoms with Gasteiger partial charge in [-0.1, -0.05) is 24.3 Å². The average Bonchev–Trinajstić information content (AvgIpc) is 2.28. The fourth-order valence-corrected chi connectivity index (χ4v) is 1.89. The number of hydrogen-bond acceptors (Lipinski definition) is 1. The summed E-state index contributed by atoms with van der Waals surface area (Å²) in [6.07, 6.45) is 6.60. The number of nitrogens with one attached hydrogen (secondary N) is 1. The molecule has 0 amide bonds. The van der Waals surface area contributed by atoms with Crippen molar-refractivity contribution in [2.24, 2.45) is 5.92 Å². The van der Waals surface area contributed by atoms with Gasteiger partial charge in [0.2, 0.25) is 0 Å². The van der Waals surface area contributed by atoms with Crippen molar-refractivity contribution in [2.45, 2.75) is 12.8 Å². The summed E-state index contributed by atoms with van der Waals surface area (Å²) in [5, 5.41) is 3.33. The number of rotatable bonds is 2. The van der Waals surface area contributed by atoms with Gasteiger partial charge >= 0.3 is 0 Å². The summed E-state index contributed by atoms with van der Waals surface area (Å²) in [6.45, 7) is 2.19. The molecule has 1 aromatic rings.